The number of carbonyl (C=O) groups is 2. The summed E-state index contributed by atoms with van der Waals surface area (Å²) in [5.74, 6) is 0.553. The number of anilines is 1. The highest BCUT2D eigenvalue weighted by atomic mass is 35.5. The Balaban J connectivity index is 1.41. The molecule has 1 N–H and O–H groups in total. The van der Waals surface area contributed by atoms with Gasteiger partial charge in [-0.1, -0.05) is 48.0 Å². The van der Waals surface area contributed by atoms with Crippen molar-refractivity contribution in [3.05, 3.63) is 70.9 Å². The highest BCUT2D eigenvalue weighted by Crippen LogP contribution is 2.39. The molecule has 0 spiro atoms. The van der Waals surface area contributed by atoms with Crippen LogP contribution in [0.5, 0.6) is 0 Å². The summed E-state index contributed by atoms with van der Waals surface area (Å²) in [6.45, 7) is 2.87. The molecule has 1 aliphatic rings. The first-order valence-corrected chi connectivity index (χ1v) is 11.5. The van der Waals surface area contributed by atoms with Crippen LogP contribution in [0.2, 0.25) is 5.02 Å². The third-order valence-electron chi connectivity index (χ3n) is 5.11. The maximum atomic E-state index is 13.0. The van der Waals surface area contributed by atoms with Gasteiger partial charge in [0.1, 0.15) is 5.03 Å². The van der Waals surface area contributed by atoms with E-state index in [9.17, 15) is 9.59 Å². The van der Waals surface area contributed by atoms with Gasteiger partial charge in [-0.25, -0.2) is 4.68 Å². The van der Waals surface area contributed by atoms with Crippen molar-refractivity contribution in [2.24, 2.45) is 0 Å². The van der Waals surface area contributed by atoms with Crippen molar-refractivity contribution in [2.45, 2.75) is 31.3 Å². The van der Waals surface area contributed by atoms with Gasteiger partial charge in [-0.3, -0.25) is 9.59 Å². The molecule has 0 saturated carbocycles. The number of aryl methyl sites for hydroxylation is 1. The maximum Gasteiger partial charge on any atom is 0.227 e. The van der Waals surface area contributed by atoms with Crippen molar-refractivity contribution in [3.8, 4) is 5.69 Å². The Hall–Kier alpha value is -2.77. The lowest BCUT2D eigenvalue weighted by atomic mass is 10.2. The summed E-state index contributed by atoms with van der Waals surface area (Å²) >= 11 is 7.82. The van der Waals surface area contributed by atoms with Gasteiger partial charge in [0.25, 0.3) is 0 Å². The van der Waals surface area contributed by atoms with Gasteiger partial charge < -0.3 is 10.2 Å². The number of nitrogens with one attached hydrogen (secondary N) is 1. The average Bonchev–Trinajstić information content (AvgIpc) is 3.14. The first-order chi connectivity index (χ1) is 15.0. The standard InChI is InChI=1S/C23H23ClN4O2S/c1-16-22-23(28(26-16)18-8-3-2-4-9-18)31-14-13-27(22)21(30)12-11-20(29)25-15-17-7-5-6-10-19(17)24/h2-10H,11-15H2,1H3,(H,25,29). The topological polar surface area (TPSA) is 67.2 Å². The number of halogens is 1. The molecule has 0 unspecified atom stereocenters. The second-order valence-electron chi connectivity index (χ2n) is 7.25. The van der Waals surface area contributed by atoms with Crippen molar-refractivity contribution in [3.63, 3.8) is 0 Å². The fourth-order valence-electron chi connectivity index (χ4n) is 3.56. The molecule has 2 heterocycles. The van der Waals surface area contributed by atoms with Gasteiger partial charge in [0, 0.05) is 36.7 Å². The van der Waals surface area contributed by atoms with Crippen molar-refractivity contribution >= 4 is 40.9 Å². The fraction of sp³-hybridized carbons (Fsp3) is 0.261. The molecular formula is C23H23ClN4O2S. The molecule has 160 valence electrons. The van der Waals surface area contributed by atoms with E-state index >= 15 is 0 Å². The molecule has 4 rings (SSSR count). The first kappa shape index (κ1) is 21.5. The molecular weight excluding hydrogens is 432 g/mol. The number of amides is 2. The van der Waals surface area contributed by atoms with Gasteiger partial charge in [-0.05, 0) is 30.7 Å². The van der Waals surface area contributed by atoms with Gasteiger partial charge >= 0.3 is 0 Å². The lowest BCUT2D eigenvalue weighted by molar-refractivity contribution is -0.125. The predicted octanol–water partition coefficient (Wildman–Crippen LogP) is 4.37. The predicted molar refractivity (Wildman–Crippen MR) is 124 cm³/mol. The Morgan fingerprint density at radius 1 is 1.10 bits per heavy atom. The summed E-state index contributed by atoms with van der Waals surface area (Å²) in [5, 5.41) is 9.09. The monoisotopic (exact) mass is 454 g/mol. The lowest BCUT2D eigenvalue weighted by Gasteiger charge is -2.27. The summed E-state index contributed by atoms with van der Waals surface area (Å²) in [6.07, 6.45) is 0.280. The molecule has 8 heteroatoms. The van der Waals surface area contributed by atoms with E-state index in [1.165, 1.54) is 0 Å². The van der Waals surface area contributed by atoms with Gasteiger partial charge in [-0.15, -0.1) is 11.8 Å². The van der Waals surface area contributed by atoms with Gasteiger partial charge in [0.2, 0.25) is 11.8 Å². The van der Waals surface area contributed by atoms with E-state index in [1.54, 1.807) is 22.7 Å². The van der Waals surface area contributed by atoms with Crippen LogP contribution in [0.3, 0.4) is 0 Å². The Kier molecular flexibility index (Phi) is 6.63. The van der Waals surface area contributed by atoms with Crippen molar-refractivity contribution in [2.75, 3.05) is 17.2 Å². The number of hydrogen-bond donors (Lipinski definition) is 1. The zero-order chi connectivity index (χ0) is 21.8. The minimum atomic E-state index is -0.170. The van der Waals surface area contributed by atoms with Crippen LogP contribution in [-0.4, -0.2) is 33.9 Å². The second kappa shape index (κ2) is 9.58. The third-order valence-corrected chi connectivity index (χ3v) is 6.51. The van der Waals surface area contributed by atoms with Crippen LogP contribution in [0.15, 0.2) is 59.6 Å². The van der Waals surface area contributed by atoms with E-state index in [2.05, 4.69) is 10.4 Å². The average molecular weight is 455 g/mol. The van der Waals surface area contributed by atoms with E-state index in [1.807, 2.05) is 60.1 Å². The number of benzene rings is 2. The number of thioether (sulfide) groups is 1. The van der Waals surface area contributed by atoms with E-state index in [-0.39, 0.29) is 24.7 Å². The SMILES string of the molecule is Cc1nn(-c2ccccc2)c2c1N(C(=O)CCC(=O)NCc1ccccc1Cl)CCS2. The molecule has 0 radical (unpaired) electrons. The van der Waals surface area contributed by atoms with Crippen molar-refractivity contribution in [1.29, 1.82) is 0 Å². The van der Waals surface area contributed by atoms with Crippen LogP contribution in [0.25, 0.3) is 5.69 Å². The van der Waals surface area contributed by atoms with Gasteiger partial charge in [0.15, 0.2) is 0 Å². The van der Waals surface area contributed by atoms with E-state index < -0.39 is 0 Å². The molecule has 1 aromatic heterocycles. The number of rotatable bonds is 6. The molecule has 1 aliphatic heterocycles. The van der Waals surface area contributed by atoms with Gasteiger partial charge in [0.05, 0.1) is 17.1 Å². The molecule has 3 aromatic rings. The minimum absolute atomic E-state index is 0.0647. The molecule has 2 amide bonds. The molecule has 6 nitrogen and oxygen atoms in total. The van der Waals surface area contributed by atoms with Gasteiger partial charge in [-0.2, -0.15) is 5.10 Å². The van der Waals surface area contributed by atoms with Crippen molar-refractivity contribution < 1.29 is 9.59 Å². The van der Waals surface area contributed by atoms with Crippen molar-refractivity contribution in [1.82, 2.24) is 15.1 Å². The summed E-state index contributed by atoms with van der Waals surface area (Å²) in [7, 11) is 0. The summed E-state index contributed by atoms with van der Waals surface area (Å²) in [5.41, 5.74) is 3.47. The molecule has 0 aliphatic carbocycles. The van der Waals surface area contributed by atoms with E-state index in [0.717, 1.165) is 33.4 Å². The minimum Gasteiger partial charge on any atom is -0.352 e. The van der Waals surface area contributed by atoms with E-state index in [0.29, 0.717) is 18.1 Å². The second-order valence-corrected chi connectivity index (χ2v) is 8.74. The molecule has 0 atom stereocenters. The summed E-state index contributed by atoms with van der Waals surface area (Å²) in [6, 6.07) is 17.3. The van der Waals surface area contributed by atoms with Crippen LogP contribution >= 0.6 is 23.4 Å². The summed E-state index contributed by atoms with van der Waals surface area (Å²) in [4.78, 5) is 27.0. The first-order valence-electron chi connectivity index (χ1n) is 10.1. The third kappa shape index (κ3) is 4.78. The molecule has 2 aromatic carbocycles. The van der Waals surface area contributed by atoms with E-state index in [4.69, 9.17) is 11.6 Å². The largest absolute Gasteiger partial charge is 0.352 e. The fourth-order valence-corrected chi connectivity index (χ4v) is 4.89. The van der Waals surface area contributed by atoms with Crippen LogP contribution < -0.4 is 10.2 Å². The lowest BCUT2D eigenvalue weighted by Crippen LogP contribution is -2.36. The molecule has 0 saturated heterocycles. The Morgan fingerprint density at radius 3 is 2.61 bits per heavy atom. The smallest absolute Gasteiger partial charge is 0.227 e. The normalized spacial score (nSPS) is 13.0. The highest BCUT2D eigenvalue weighted by Gasteiger charge is 2.29. The quantitative estimate of drug-likeness (QED) is 0.600. The Bertz CT molecular complexity index is 1100. The number of carbonyl (C=O) groups excluding carboxylic acids is 2. The number of hydrogen-bond acceptors (Lipinski definition) is 4. The zero-order valence-corrected chi connectivity index (χ0v) is 18.7. The maximum absolute atomic E-state index is 13.0. The Labute approximate surface area is 190 Å². The molecule has 0 bridgehead atoms. The Morgan fingerprint density at radius 2 is 1.84 bits per heavy atom. The van der Waals surface area contributed by atoms with Crippen LogP contribution in [-0.2, 0) is 16.1 Å². The van der Waals surface area contributed by atoms with Crippen LogP contribution in [0.1, 0.15) is 24.1 Å². The molecule has 31 heavy (non-hydrogen) atoms. The van der Waals surface area contributed by atoms with Crippen LogP contribution in [0, 0.1) is 6.92 Å². The highest BCUT2D eigenvalue weighted by molar-refractivity contribution is 7.99. The summed E-state index contributed by atoms with van der Waals surface area (Å²) < 4.78 is 1.89. The number of fused-ring (bicyclic) bond motifs is 1. The number of nitrogens with zero attached hydrogens (tertiary/aromatic N) is 3. The van der Waals surface area contributed by atoms with Crippen LogP contribution in [0.4, 0.5) is 5.69 Å². The number of para-hydroxylation sites is 1. The number of aromatic nitrogens is 2. The molecule has 0 fully saturated rings. The zero-order valence-electron chi connectivity index (χ0n) is 17.2.